The molecule has 0 aromatic carbocycles. The monoisotopic (exact) mass is 227 g/mol. The third-order valence-electron chi connectivity index (χ3n) is 1.75. The van der Waals surface area contributed by atoms with E-state index in [1.165, 1.54) is 11.3 Å². The van der Waals surface area contributed by atoms with E-state index in [2.05, 4.69) is 0 Å². The summed E-state index contributed by atoms with van der Waals surface area (Å²) >= 11 is 1.41. The SMILES string of the molecule is Cc1cc(CN)sc1C(=O)OC(C)(C)C. The van der Waals surface area contributed by atoms with Gasteiger partial charge in [-0.25, -0.2) is 4.79 Å². The molecule has 0 aliphatic rings. The molecule has 0 radical (unpaired) electrons. The second kappa shape index (κ2) is 4.33. The minimum absolute atomic E-state index is 0.260. The molecule has 0 saturated heterocycles. The van der Waals surface area contributed by atoms with Gasteiger partial charge in [0.05, 0.1) is 0 Å². The van der Waals surface area contributed by atoms with Crippen molar-refractivity contribution < 1.29 is 9.53 Å². The van der Waals surface area contributed by atoms with Crippen molar-refractivity contribution in [3.8, 4) is 0 Å². The lowest BCUT2D eigenvalue weighted by Gasteiger charge is -2.19. The molecule has 0 atom stereocenters. The lowest BCUT2D eigenvalue weighted by molar-refractivity contribution is 0.00746. The van der Waals surface area contributed by atoms with Gasteiger partial charge in [-0.1, -0.05) is 0 Å². The van der Waals surface area contributed by atoms with Gasteiger partial charge in [-0.2, -0.15) is 0 Å². The highest BCUT2D eigenvalue weighted by Gasteiger charge is 2.21. The Labute approximate surface area is 94.2 Å². The third-order valence-corrected chi connectivity index (χ3v) is 2.99. The number of ether oxygens (including phenoxy) is 1. The van der Waals surface area contributed by atoms with Gasteiger partial charge in [0, 0.05) is 11.4 Å². The summed E-state index contributed by atoms with van der Waals surface area (Å²) in [6.07, 6.45) is 0. The van der Waals surface area contributed by atoms with Crippen LogP contribution >= 0.6 is 11.3 Å². The van der Waals surface area contributed by atoms with E-state index in [0.29, 0.717) is 11.4 Å². The highest BCUT2D eigenvalue weighted by Crippen LogP contribution is 2.24. The Kier molecular flexibility index (Phi) is 3.52. The molecular weight excluding hydrogens is 210 g/mol. The van der Waals surface area contributed by atoms with Crippen molar-refractivity contribution in [3.63, 3.8) is 0 Å². The average molecular weight is 227 g/mol. The summed E-state index contributed by atoms with van der Waals surface area (Å²) in [5.74, 6) is -0.260. The van der Waals surface area contributed by atoms with Gasteiger partial charge in [-0.05, 0) is 39.3 Å². The summed E-state index contributed by atoms with van der Waals surface area (Å²) in [7, 11) is 0. The van der Waals surface area contributed by atoms with E-state index in [1.807, 2.05) is 33.8 Å². The maximum atomic E-state index is 11.8. The quantitative estimate of drug-likeness (QED) is 0.790. The Morgan fingerprint density at radius 1 is 1.53 bits per heavy atom. The minimum atomic E-state index is -0.448. The predicted molar refractivity (Wildman–Crippen MR) is 62.1 cm³/mol. The van der Waals surface area contributed by atoms with Crippen molar-refractivity contribution in [2.45, 2.75) is 39.8 Å². The molecule has 0 amide bonds. The van der Waals surface area contributed by atoms with Gasteiger partial charge >= 0.3 is 5.97 Å². The molecule has 84 valence electrons. The highest BCUT2D eigenvalue weighted by molar-refractivity contribution is 7.14. The van der Waals surface area contributed by atoms with Gasteiger partial charge in [0.1, 0.15) is 10.5 Å². The maximum absolute atomic E-state index is 11.8. The summed E-state index contributed by atoms with van der Waals surface area (Å²) in [6, 6.07) is 1.93. The number of aryl methyl sites for hydroxylation is 1. The largest absolute Gasteiger partial charge is 0.456 e. The van der Waals surface area contributed by atoms with E-state index in [4.69, 9.17) is 10.5 Å². The number of esters is 1. The molecule has 0 spiro atoms. The normalized spacial score (nSPS) is 11.5. The zero-order valence-electron chi connectivity index (χ0n) is 9.59. The first kappa shape index (κ1) is 12.2. The van der Waals surface area contributed by atoms with Crippen LogP contribution in [-0.2, 0) is 11.3 Å². The molecule has 0 aliphatic carbocycles. The summed E-state index contributed by atoms with van der Waals surface area (Å²) in [6.45, 7) is 7.94. The van der Waals surface area contributed by atoms with Crippen LogP contribution < -0.4 is 5.73 Å². The zero-order valence-corrected chi connectivity index (χ0v) is 10.4. The first-order chi connectivity index (χ1) is 6.83. The molecular formula is C11H17NO2S. The summed E-state index contributed by atoms with van der Waals surface area (Å²) in [5, 5.41) is 0. The molecule has 2 N–H and O–H groups in total. The standard InChI is InChI=1S/C11H17NO2S/c1-7-5-8(6-12)15-9(7)10(13)14-11(2,3)4/h5H,6,12H2,1-4H3. The Bertz CT molecular complexity index is 363. The van der Waals surface area contributed by atoms with Crippen molar-refractivity contribution in [2.24, 2.45) is 5.73 Å². The molecule has 1 rings (SSSR count). The first-order valence-corrected chi connectivity index (χ1v) is 5.68. The zero-order chi connectivity index (χ0) is 11.6. The molecule has 0 fully saturated rings. The molecule has 0 bridgehead atoms. The van der Waals surface area contributed by atoms with Crippen molar-refractivity contribution >= 4 is 17.3 Å². The lowest BCUT2D eigenvalue weighted by Crippen LogP contribution is -2.23. The van der Waals surface area contributed by atoms with Gasteiger partial charge in [0.2, 0.25) is 0 Å². The fourth-order valence-corrected chi connectivity index (χ4v) is 2.10. The molecule has 0 aliphatic heterocycles. The van der Waals surface area contributed by atoms with Crippen molar-refractivity contribution in [1.82, 2.24) is 0 Å². The van der Waals surface area contributed by atoms with Gasteiger partial charge in [0.15, 0.2) is 0 Å². The number of thiophene rings is 1. The highest BCUT2D eigenvalue weighted by atomic mass is 32.1. The summed E-state index contributed by atoms with van der Waals surface area (Å²) < 4.78 is 5.29. The van der Waals surface area contributed by atoms with E-state index in [9.17, 15) is 4.79 Å². The number of carbonyl (C=O) groups is 1. The number of nitrogens with two attached hydrogens (primary N) is 1. The second-order valence-electron chi connectivity index (χ2n) is 4.43. The average Bonchev–Trinajstić information content (AvgIpc) is 2.43. The molecule has 1 heterocycles. The molecule has 3 nitrogen and oxygen atoms in total. The van der Waals surface area contributed by atoms with E-state index >= 15 is 0 Å². The molecule has 15 heavy (non-hydrogen) atoms. The van der Waals surface area contributed by atoms with Crippen molar-refractivity contribution in [2.75, 3.05) is 0 Å². The number of hydrogen-bond donors (Lipinski definition) is 1. The van der Waals surface area contributed by atoms with Gasteiger partial charge in [0.25, 0.3) is 0 Å². The van der Waals surface area contributed by atoms with Gasteiger partial charge < -0.3 is 10.5 Å². The van der Waals surface area contributed by atoms with Crippen LogP contribution in [0.5, 0.6) is 0 Å². The van der Waals surface area contributed by atoms with E-state index < -0.39 is 5.60 Å². The van der Waals surface area contributed by atoms with Crippen molar-refractivity contribution in [3.05, 3.63) is 21.4 Å². The Hall–Kier alpha value is -0.870. The lowest BCUT2D eigenvalue weighted by atomic mass is 10.2. The van der Waals surface area contributed by atoms with Gasteiger partial charge in [-0.3, -0.25) is 0 Å². The first-order valence-electron chi connectivity index (χ1n) is 4.86. The Morgan fingerprint density at radius 2 is 2.13 bits per heavy atom. The number of carbonyl (C=O) groups excluding carboxylic acids is 1. The fraction of sp³-hybridized carbons (Fsp3) is 0.545. The Morgan fingerprint density at radius 3 is 2.53 bits per heavy atom. The molecule has 4 heteroatoms. The number of rotatable bonds is 2. The van der Waals surface area contributed by atoms with Crippen LogP contribution in [0.3, 0.4) is 0 Å². The van der Waals surface area contributed by atoms with Crippen LogP contribution in [0, 0.1) is 6.92 Å². The molecule has 0 unspecified atom stereocenters. The smallest absolute Gasteiger partial charge is 0.349 e. The van der Waals surface area contributed by atoms with Crippen LogP contribution in [0.15, 0.2) is 6.07 Å². The van der Waals surface area contributed by atoms with Crippen molar-refractivity contribution in [1.29, 1.82) is 0 Å². The summed E-state index contributed by atoms with van der Waals surface area (Å²) in [4.78, 5) is 13.4. The van der Waals surface area contributed by atoms with E-state index in [1.54, 1.807) is 0 Å². The topological polar surface area (TPSA) is 52.3 Å². The molecule has 1 aromatic heterocycles. The van der Waals surface area contributed by atoms with Crippen LogP contribution in [0.1, 0.15) is 40.9 Å². The third kappa shape index (κ3) is 3.32. The van der Waals surface area contributed by atoms with Crippen LogP contribution in [0.4, 0.5) is 0 Å². The van der Waals surface area contributed by atoms with E-state index in [-0.39, 0.29) is 5.97 Å². The fourth-order valence-electron chi connectivity index (χ4n) is 1.18. The predicted octanol–water partition coefficient (Wildman–Crippen LogP) is 2.47. The number of hydrogen-bond acceptors (Lipinski definition) is 4. The second-order valence-corrected chi connectivity index (χ2v) is 5.57. The van der Waals surface area contributed by atoms with Crippen LogP contribution in [-0.4, -0.2) is 11.6 Å². The minimum Gasteiger partial charge on any atom is -0.456 e. The van der Waals surface area contributed by atoms with Crippen LogP contribution in [0.2, 0.25) is 0 Å². The Balaban J connectivity index is 2.87. The maximum Gasteiger partial charge on any atom is 0.349 e. The van der Waals surface area contributed by atoms with Gasteiger partial charge in [-0.15, -0.1) is 11.3 Å². The summed E-state index contributed by atoms with van der Waals surface area (Å²) in [5.41, 5.74) is 6.01. The molecule has 0 saturated carbocycles. The molecule has 1 aromatic rings. The van der Waals surface area contributed by atoms with Crippen LogP contribution in [0.25, 0.3) is 0 Å². The van der Waals surface area contributed by atoms with E-state index in [0.717, 1.165) is 10.4 Å².